The summed E-state index contributed by atoms with van der Waals surface area (Å²) in [6.07, 6.45) is 4.13. The van der Waals surface area contributed by atoms with Gasteiger partial charge in [0.2, 0.25) is 5.91 Å². The molecule has 0 aliphatic carbocycles. The molecule has 0 spiro atoms. The summed E-state index contributed by atoms with van der Waals surface area (Å²) in [5.41, 5.74) is 1.28. The highest BCUT2D eigenvalue weighted by Gasteiger charge is 2.27. The van der Waals surface area contributed by atoms with E-state index in [0.717, 1.165) is 32.2 Å². The number of aliphatic hydroxyl groups is 1. The van der Waals surface area contributed by atoms with Crippen LogP contribution in [0.2, 0.25) is 0 Å². The minimum absolute atomic E-state index is 0.0370. The minimum atomic E-state index is -0.308. The maximum Gasteiger partial charge on any atom is 0.225 e. The zero-order chi connectivity index (χ0) is 16.7. The number of nitrogens with one attached hydrogen (secondary N) is 1. The Hall–Kier alpha value is -1.90. The Morgan fingerprint density at radius 3 is 2.83 bits per heavy atom. The summed E-state index contributed by atoms with van der Waals surface area (Å²) in [6, 6.07) is 9.08. The highest BCUT2D eigenvalue weighted by atomic mass is 16.3. The van der Waals surface area contributed by atoms with E-state index in [-0.39, 0.29) is 18.1 Å². The quantitative estimate of drug-likeness (QED) is 0.845. The molecule has 2 atom stereocenters. The number of carbonyl (C=O) groups excluding carboxylic acids is 1. The van der Waals surface area contributed by atoms with Gasteiger partial charge in [0.05, 0.1) is 17.7 Å². The van der Waals surface area contributed by atoms with Gasteiger partial charge in [0.15, 0.2) is 0 Å². The van der Waals surface area contributed by atoms with Crippen LogP contribution in [0.1, 0.15) is 44.6 Å². The molecule has 1 aliphatic heterocycles. The second-order valence-electron chi connectivity index (χ2n) is 6.06. The molecule has 124 valence electrons. The third kappa shape index (κ3) is 5.05. The van der Waals surface area contributed by atoms with Gasteiger partial charge in [0.25, 0.3) is 0 Å². The van der Waals surface area contributed by atoms with Crippen LogP contribution in [-0.2, 0) is 4.79 Å². The lowest BCUT2D eigenvalue weighted by Crippen LogP contribution is -2.47. The fourth-order valence-electron chi connectivity index (χ4n) is 3.10. The third-order valence-electron chi connectivity index (χ3n) is 4.45. The van der Waals surface area contributed by atoms with E-state index >= 15 is 0 Å². The number of amides is 1. The standard InChI is InChI=1S/C18H25N3O2/c1-2-17(22)16-5-3-4-11-21(16)12-10-18(23)20-15-8-6-14(13-19)7-9-15/h6-9,16-17,22H,2-5,10-12H2,1H3,(H,20,23). The fraction of sp³-hybridized carbons (Fsp3) is 0.556. The molecule has 2 rings (SSSR count). The van der Waals surface area contributed by atoms with Crippen LogP contribution < -0.4 is 5.32 Å². The predicted octanol–water partition coefficient (Wildman–Crippen LogP) is 2.51. The van der Waals surface area contributed by atoms with Gasteiger partial charge in [-0.05, 0) is 50.1 Å². The van der Waals surface area contributed by atoms with Gasteiger partial charge < -0.3 is 10.4 Å². The van der Waals surface area contributed by atoms with Crippen LogP contribution >= 0.6 is 0 Å². The van der Waals surface area contributed by atoms with Crippen molar-refractivity contribution in [2.45, 2.75) is 51.2 Å². The van der Waals surface area contributed by atoms with Crippen molar-refractivity contribution in [1.82, 2.24) is 4.90 Å². The smallest absolute Gasteiger partial charge is 0.225 e. The lowest BCUT2D eigenvalue weighted by Gasteiger charge is -2.38. The van der Waals surface area contributed by atoms with Crippen molar-refractivity contribution in [3.8, 4) is 6.07 Å². The Morgan fingerprint density at radius 2 is 2.17 bits per heavy atom. The van der Waals surface area contributed by atoms with Crippen LogP contribution in [0.4, 0.5) is 5.69 Å². The molecule has 5 heteroatoms. The molecule has 1 heterocycles. The SMILES string of the molecule is CCC(O)C1CCCCN1CCC(=O)Nc1ccc(C#N)cc1. The molecule has 23 heavy (non-hydrogen) atoms. The molecule has 1 aromatic rings. The highest BCUT2D eigenvalue weighted by molar-refractivity contribution is 5.90. The first-order chi connectivity index (χ1) is 11.1. The molecule has 0 radical (unpaired) electrons. The van der Waals surface area contributed by atoms with E-state index in [1.807, 2.05) is 6.92 Å². The third-order valence-corrected chi connectivity index (χ3v) is 4.45. The number of carbonyl (C=O) groups is 1. The summed E-state index contributed by atoms with van der Waals surface area (Å²) in [5, 5.41) is 21.8. The number of likely N-dealkylation sites (tertiary alicyclic amines) is 1. The molecule has 2 N–H and O–H groups in total. The number of benzene rings is 1. The van der Waals surface area contributed by atoms with Gasteiger partial charge in [-0.25, -0.2) is 0 Å². The van der Waals surface area contributed by atoms with Gasteiger partial charge in [-0.1, -0.05) is 13.3 Å². The van der Waals surface area contributed by atoms with Crippen molar-refractivity contribution in [1.29, 1.82) is 5.26 Å². The topological polar surface area (TPSA) is 76.4 Å². The summed E-state index contributed by atoms with van der Waals surface area (Å²) in [4.78, 5) is 14.3. The van der Waals surface area contributed by atoms with Crippen LogP contribution in [-0.4, -0.2) is 41.1 Å². The molecule has 1 amide bonds. The summed E-state index contributed by atoms with van der Waals surface area (Å²) >= 11 is 0. The molecule has 2 unspecified atom stereocenters. The zero-order valence-electron chi connectivity index (χ0n) is 13.7. The van der Waals surface area contributed by atoms with Crippen molar-refractivity contribution >= 4 is 11.6 Å². The van der Waals surface area contributed by atoms with E-state index in [1.54, 1.807) is 24.3 Å². The predicted molar refractivity (Wildman–Crippen MR) is 89.9 cm³/mol. The van der Waals surface area contributed by atoms with E-state index in [1.165, 1.54) is 0 Å². The van der Waals surface area contributed by atoms with Crippen molar-refractivity contribution in [2.24, 2.45) is 0 Å². The Bertz CT molecular complexity index is 550. The number of anilines is 1. The average Bonchev–Trinajstić information content (AvgIpc) is 2.60. The van der Waals surface area contributed by atoms with Crippen molar-refractivity contribution in [3.05, 3.63) is 29.8 Å². The molecule has 0 aromatic heterocycles. The number of piperidine rings is 1. The molecule has 0 bridgehead atoms. The number of nitrogens with zero attached hydrogens (tertiary/aromatic N) is 2. The maximum atomic E-state index is 12.1. The minimum Gasteiger partial charge on any atom is -0.392 e. The van der Waals surface area contributed by atoms with E-state index in [4.69, 9.17) is 5.26 Å². The number of nitriles is 1. The summed E-state index contributed by atoms with van der Waals surface area (Å²) in [5.74, 6) is -0.0370. The Morgan fingerprint density at radius 1 is 1.43 bits per heavy atom. The van der Waals surface area contributed by atoms with Crippen LogP contribution in [0, 0.1) is 11.3 Å². The van der Waals surface area contributed by atoms with Gasteiger partial charge >= 0.3 is 0 Å². The highest BCUT2D eigenvalue weighted by Crippen LogP contribution is 2.21. The molecule has 1 fully saturated rings. The van der Waals surface area contributed by atoms with Crippen LogP contribution in [0.3, 0.4) is 0 Å². The summed E-state index contributed by atoms with van der Waals surface area (Å²) in [7, 11) is 0. The maximum absolute atomic E-state index is 12.1. The molecular weight excluding hydrogens is 290 g/mol. The first-order valence-electron chi connectivity index (χ1n) is 8.36. The van der Waals surface area contributed by atoms with Crippen molar-refractivity contribution in [3.63, 3.8) is 0 Å². The molecular formula is C18H25N3O2. The van der Waals surface area contributed by atoms with Gasteiger partial charge in [-0.15, -0.1) is 0 Å². The van der Waals surface area contributed by atoms with Gasteiger partial charge in [-0.2, -0.15) is 5.26 Å². The first kappa shape index (κ1) is 17.5. The number of aliphatic hydroxyl groups excluding tert-OH is 1. The van der Waals surface area contributed by atoms with Crippen molar-refractivity contribution in [2.75, 3.05) is 18.4 Å². The van der Waals surface area contributed by atoms with E-state index in [9.17, 15) is 9.90 Å². The van der Waals surface area contributed by atoms with E-state index < -0.39 is 0 Å². The van der Waals surface area contributed by atoms with Crippen LogP contribution in [0.25, 0.3) is 0 Å². The van der Waals surface area contributed by atoms with Gasteiger partial charge in [-0.3, -0.25) is 9.69 Å². The first-order valence-corrected chi connectivity index (χ1v) is 8.36. The fourth-order valence-corrected chi connectivity index (χ4v) is 3.10. The molecule has 1 saturated heterocycles. The molecule has 1 aliphatic rings. The molecule has 1 aromatic carbocycles. The van der Waals surface area contributed by atoms with E-state index in [2.05, 4.69) is 16.3 Å². The second-order valence-corrected chi connectivity index (χ2v) is 6.06. The zero-order valence-corrected chi connectivity index (χ0v) is 13.7. The van der Waals surface area contributed by atoms with Gasteiger partial charge in [0.1, 0.15) is 0 Å². The lowest BCUT2D eigenvalue weighted by atomic mass is 9.96. The van der Waals surface area contributed by atoms with Crippen LogP contribution in [0.5, 0.6) is 0 Å². The monoisotopic (exact) mass is 315 g/mol. The van der Waals surface area contributed by atoms with Crippen LogP contribution in [0.15, 0.2) is 24.3 Å². The normalized spacial score (nSPS) is 19.8. The second kappa shape index (κ2) is 8.66. The number of hydrogen-bond donors (Lipinski definition) is 2. The average molecular weight is 315 g/mol. The van der Waals surface area contributed by atoms with Gasteiger partial charge in [0, 0.05) is 24.7 Å². The number of rotatable bonds is 6. The number of hydrogen-bond acceptors (Lipinski definition) is 4. The molecule has 5 nitrogen and oxygen atoms in total. The Balaban J connectivity index is 1.83. The largest absolute Gasteiger partial charge is 0.392 e. The van der Waals surface area contributed by atoms with E-state index in [0.29, 0.717) is 24.2 Å². The Labute approximate surface area is 137 Å². The van der Waals surface area contributed by atoms with Crippen molar-refractivity contribution < 1.29 is 9.90 Å². The summed E-state index contributed by atoms with van der Waals surface area (Å²) in [6.45, 7) is 3.62. The Kier molecular flexibility index (Phi) is 6.57. The molecule has 0 saturated carbocycles. The lowest BCUT2D eigenvalue weighted by molar-refractivity contribution is -0.117. The summed E-state index contributed by atoms with van der Waals surface area (Å²) < 4.78 is 0.